The summed E-state index contributed by atoms with van der Waals surface area (Å²) in [5, 5.41) is 4.43. The fourth-order valence-corrected chi connectivity index (χ4v) is 4.12. The smallest absolute Gasteiger partial charge is 0.0480 e. The molecule has 1 aliphatic carbocycles. The number of allylic oxidation sites excluding steroid dienone is 2. The largest absolute Gasteiger partial charge is 0.143 e. The number of aryl methyl sites for hydroxylation is 1. The third-order valence-electron chi connectivity index (χ3n) is 2.78. The number of fused-ring (bicyclic) bond motifs is 3. The lowest BCUT2D eigenvalue weighted by molar-refractivity contribution is 1.01. The zero-order chi connectivity index (χ0) is 10.1. The third kappa shape index (κ3) is 1.68. The minimum absolute atomic E-state index is 1.09. The molecular weight excluding hydrogens is 220 g/mol. The molecule has 15 heavy (non-hydrogen) atoms. The van der Waals surface area contributed by atoms with E-state index in [4.69, 9.17) is 0 Å². The Hall–Kier alpha value is -0.860. The van der Waals surface area contributed by atoms with E-state index in [-0.39, 0.29) is 0 Å². The molecule has 0 atom stereocenters. The Morgan fingerprint density at radius 2 is 1.60 bits per heavy atom. The van der Waals surface area contributed by atoms with Gasteiger partial charge in [0.15, 0.2) is 0 Å². The highest BCUT2D eigenvalue weighted by molar-refractivity contribution is 7.20. The Kier molecular flexibility index (Phi) is 2.47. The predicted molar refractivity (Wildman–Crippen MR) is 68.8 cm³/mol. The monoisotopic (exact) mass is 232 g/mol. The lowest BCUT2D eigenvalue weighted by Crippen LogP contribution is -1.82. The van der Waals surface area contributed by atoms with E-state index < -0.39 is 0 Å². The highest BCUT2D eigenvalue weighted by Crippen LogP contribution is 2.37. The Balaban J connectivity index is 2.18. The standard InChI is InChI=1S/C13H12S2/c1-2-4-10-6-8-14-12(10)13-11(5-3-1)7-9-15-13/h1-2,6-9H,3-5H2/b2-1-. The van der Waals surface area contributed by atoms with E-state index in [2.05, 4.69) is 35.0 Å². The van der Waals surface area contributed by atoms with Gasteiger partial charge in [0.2, 0.25) is 0 Å². The van der Waals surface area contributed by atoms with Gasteiger partial charge >= 0.3 is 0 Å². The van der Waals surface area contributed by atoms with Crippen molar-refractivity contribution in [3.63, 3.8) is 0 Å². The number of rotatable bonds is 0. The van der Waals surface area contributed by atoms with E-state index in [1.165, 1.54) is 33.7 Å². The lowest BCUT2D eigenvalue weighted by atomic mass is 10.1. The molecule has 76 valence electrons. The average Bonchev–Trinajstić information content (AvgIpc) is 2.82. The topological polar surface area (TPSA) is 0 Å². The van der Waals surface area contributed by atoms with Crippen LogP contribution < -0.4 is 0 Å². The number of hydrogen-bond donors (Lipinski definition) is 0. The van der Waals surface area contributed by atoms with Crippen LogP contribution in [0.15, 0.2) is 35.0 Å². The van der Waals surface area contributed by atoms with Crippen LogP contribution in [0, 0.1) is 0 Å². The first-order chi connectivity index (χ1) is 7.45. The Morgan fingerprint density at radius 3 is 2.47 bits per heavy atom. The molecule has 0 spiro atoms. The molecule has 0 unspecified atom stereocenters. The molecule has 0 amide bonds. The molecule has 0 radical (unpaired) electrons. The molecule has 0 saturated heterocycles. The van der Waals surface area contributed by atoms with Crippen LogP contribution in [0.3, 0.4) is 0 Å². The van der Waals surface area contributed by atoms with Crippen LogP contribution in [0.1, 0.15) is 17.5 Å². The second-order valence-corrected chi connectivity index (χ2v) is 5.60. The number of hydrogen-bond acceptors (Lipinski definition) is 2. The summed E-state index contributed by atoms with van der Waals surface area (Å²) in [6.45, 7) is 0. The SMILES string of the molecule is C1=C\Cc2ccsc2-c2sccc2CC/1. The zero-order valence-corrected chi connectivity index (χ0v) is 10.0. The van der Waals surface area contributed by atoms with Crippen molar-refractivity contribution in [1.29, 1.82) is 0 Å². The minimum Gasteiger partial charge on any atom is -0.143 e. The van der Waals surface area contributed by atoms with Crippen LogP contribution in [0.2, 0.25) is 0 Å². The van der Waals surface area contributed by atoms with Crippen molar-refractivity contribution in [2.24, 2.45) is 0 Å². The third-order valence-corrected chi connectivity index (χ3v) is 4.86. The summed E-state index contributed by atoms with van der Waals surface area (Å²) in [6.07, 6.45) is 8.08. The van der Waals surface area contributed by atoms with Crippen LogP contribution in [0.25, 0.3) is 9.75 Å². The Bertz CT molecular complexity index is 488. The summed E-state index contributed by atoms with van der Waals surface area (Å²) in [5.74, 6) is 0. The van der Waals surface area contributed by atoms with Gasteiger partial charge in [-0.1, -0.05) is 12.2 Å². The van der Waals surface area contributed by atoms with E-state index >= 15 is 0 Å². The van der Waals surface area contributed by atoms with Gasteiger partial charge in [-0.3, -0.25) is 0 Å². The van der Waals surface area contributed by atoms with Crippen molar-refractivity contribution in [3.8, 4) is 9.75 Å². The molecule has 0 aliphatic heterocycles. The molecule has 0 aromatic carbocycles. The minimum atomic E-state index is 1.09. The molecule has 0 nitrogen and oxygen atoms in total. The van der Waals surface area contributed by atoms with Crippen molar-refractivity contribution in [2.45, 2.75) is 19.3 Å². The molecule has 0 fully saturated rings. The maximum Gasteiger partial charge on any atom is 0.0480 e. The predicted octanol–water partition coefficient (Wildman–Crippen LogP) is 4.52. The van der Waals surface area contributed by atoms with Gasteiger partial charge in [-0.25, -0.2) is 0 Å². The van der Waals surface area contributed by atoms with Gasteiger partial charge in [-0.15, -0.1) is 22.7 Å². The van der Waals surface area contributed by atoms with Crippen molar-refractivity contribution in [2.75, 3.05) is 0 Å². The molecule has 1 aliphatic rings. The summed E-state index contributed by atoms with van der Waals surface area (Å²) in [6, 6.07) is 4.54. The zero-order valence-electron chi connectivity index (χ0n) is 8.40. The molecule has 0 saturated carbocycles. The maximum atomic E-state index is 2.31. The fraction of sp³-hybridized carbons (Fsp3) is 0.231. The van der Waals surface area contributed by atoms with E-state index in [9.17, 15) is 0 Å². The maximum absolute atomic E-state index is 2.31. The fourth-order valence-electron chi connectivity index (χ4n) is 1.99. The van der Waals surface area contributed by atoms with E-state index in [1.54, 1.807) is 0 Å². The normalized spacial score (nSPS) is 17.1. The summed E-state index contributed by atoms with van der Waals surface area (Å²) in [4.78, 5) is 3.00. The second kappa shape index (κ2) is 3.95. The molecule has 2 heterocycles. The van der Waals surface area contributed by atoms with E-state index in [0.29, 0.717) is 0 Å². The summed E-state index contributed by atoms with van der Waals surface area (Å²) >= 11 is 3.77. The molecule has 2 aromatic heterocycles. The molecule has 2 heteroatoms. The summed E-state index contributed by atoms with van der Waals surface area (Å²) in [7, 11) is 0. The first-order valence-electron chi connectivity index (χ1n) is 5.23. The van der Waals surface area contributed by atoms with Crippen LogP contribution in [0.4, 0.5) is 0 Å². The van der Waals surface area contributed by atoms with Gasteiger partial charge in [-0.2, -0.15) is 0 Å². The van der Waals surface area contributed by atoms with Gasteiger partial charge in [-0.05, 0) is 53.3 Å². The molecule has 0 bridgehead atoms. The quantitative estimate of drug-likeness (QED) is 0.586. The van der Waals surface area contributed by atoms with Gasteiger partial charge in [0, 0.05) is 9.75 Å². The van der Waals surface area contributed by atoms with Crippen molar-refractivity contribution >= 4 is 22.7 Å². The van der Waals surface area contributed by atoms with E-state index in [0.717, 1.165) is 6.42 Å². The van der Waals surface area contributed by atoms with E-state index in [1.807, 2.05) is 22.7 Å². The second-order valence-electron chi connectivity index (χ2n) is 3.76. The van der Waals surface area contributed by atoms with Gasteiger partial charge < -0.3 is 0 Å². The highest BCUT2D eigenvalue weighted by atomic mass is 32.1. The van der Waals surface area contributed by atoms with Crippen LogP contribution in [0.5, 0.6) is 0 Å². The molecule has 0 N–H and O–H groups in total. The Morgan fingerprint density at radius 1 is 0.867 bits per heavy atom. The van der Waals surface area contributed by atoms with Crippen molar-refractivity contribution in [1.82, 2.24) is 0 Å². The molecule has 3 rings (SSSR count). The summed E-state index contributed by atoms with van der Waals surface area (Å²) < 4.78 is 0. The lowest BCUT2D eigenvalue weighted by Gasteiger charge is -2.01. The van der Waals surface area contributed by atoms with Crippen LogP contribution >= 0.6 is 22.7 Å². The molecular formula is C13H12S2. The molecule has 2 aromatic rings. The first-order valence-corrected chi connectivity index (χ1v) is 6.99. The Labute approximate surface area is 97.9 Å². The van der Waals surface area contributed by atoms with Crippen LogP contribution in [-0.4, -0.2) is 0 Å². The van der Waals surface area contributed by atoms with Crippen LogP contribution in [-0.2, 0) is 12.8 Å². The highest BCUT2D eigenvalue weighted by Gasteiger charge is 2.12. The number of thiophene rings is 2. The van der Waals surface area contributed by atoms with Crippen molar-refractivity contribution < 1.29 is 0 Å². The van der Waals surface area contributed by atoms with Crippen molar-refractivity contribution in [3.05, 3.63) is 46.2 Å². The van der Waals surface area contributed by atoms with Gasteiger partial charge in [0.05, 0.1) is 0 Å². The average molecular weight is 232 g/mol. The van der Waals surface area contributed by atoms with Gasteiger partial charge in [0.1, 0.15) is 0 Å². The van der Waals surface area contributed by atoms with Gasteiger partial charge in [0.25, 0.3) is 0 Å². The summed E-state index contributed by atoms with van der Waals surface area (Å²) in [5.41, 5.74) is 3.01. The first kappa shape index (κ1) is 9.37.